The highest BCUT2D eigenvalue weighted by atomic mass is 16.2. The lowest BCUT2D eigenvalue weighted by Gasteiger charge is -2.41. The third-order valence-electron chi connectivity index (χ3n) is 7.71. The van der Waals surface area contributed by atoms with Crippen LogP contribution in [0, 0.1) is 0 Å². The largest absolute Gasteiger partial charge is 0.307 e. The summed E-state index contributed by atoms with van der Waals surface area (Å²) in [5, 5.41) is 0. The summed E-state index contributed by atoms with van der Waals surface area (Å²) in [5.74, 6) is 0.644. The maximum absolute atomic E-state index is 12.3. The highest BCUT2D eigenvalue weighted by molar-refractivity contribution is 5.78. The van der Waals surface area contributed by atoms with E-state index in [4.69, 9.17) is 0 Å². The lowest BCUT2D eigenvalue weighted by molar-refractivity contribution is -0.963. The number of quaternary nitrogens is 2. The fourth-order valence-electron chi connectivity index (χ4n) is 5.40. The molecule has 1 atom stereocenters. The van der Waals surface area contributed by atoms with Gasteiger partial charge >= 0.3 is 0 Å². The summed E-state index contributed by atoms with van der Waals surface area (Å²) >= 11 is 0. The van der Waals surface area contributed by atoms with Gasteiger partial charge in [-0.3, -0.25) is 19.4 Å². The van der Waals surface area contributed by atoms with Gasteiger partial charge in [-0.15, -0.1) is 0 Å². The van der Waals surface area contributed by atoms with E-state index in [1.807, 2.05) is 4.90 Å². The number of hydrogen-bond donors (Lipinski definition) is 0. The summed E-state index contributed by atoms with van der Waals surface area (Å²) in [6.45, 7) is 8.98. The predicted molar refractivity (Wildman–Crippen MR) is 136 cm³/mol. The van der Waals surface area contributed by atoms with Gasteiger partial charge in [-0.25, -0.2) is 0 Å². The number of carbonyl (C=O) groups is 2. The summed E-state index contributed by atoms with van der Waals surface area (Å²) in [5.41, 5.74) is 0. The molecule has 0 bridgehead atoms. The fourth-order valence-corrected chi connectivity index (χ4v) is 5.40. The number of nitrogens with zero attached hydrogens (tertiary/aromatic N) is 4. The first-order valence-electron chi connectivity index (χ1n) is 14.0. The second kappa shape index (κ2) is 14.3. The number of likely N-dealkylation sites (N-methyl/N-ethyl adjacent to an activating group) is 2. The number of amides is 2. The van der Waals surface area contributed by atoms with Gasteiger partial charge in [0.2, 0.25) is 11.8 Å². The molecule has 0 aromatic rings. The van der Waals surface area contributed by atoms with Crippen LogP contribution in [0.15, 0.2) is 0 Å². The third-order valence-corrected chi connectivity index (χ3v) is 7.71. The zero-order valence-electron chi connectivity index (χ0n) is 22.5. The topological polar surface area (TPSA) is 40.6 Å². The Morgan fingerprint density at radius 2 is 1.12 bits per heavy atom. The summed E-state index contributed by atoms with van der Waals surface area (Å²) in [4.78, 5) is 28.6. The Labute approximate surface area is 204 Å². The van der Waals surface area contributed by atoms with Gasteiger partial charge in [0.15, 0.2) is 13.3 Å². The molecular formula is C27H54N4O2+2. The van der Waals surface area contributed by atoms with Gasteiger partial charge in [0.05, 0.1) is 27.7 Å². The van der Waals surface area contributed by atoms with Crippen LogP contribution in [0.1, 0.15) is 96.8 Å². The van der Waals surface area contributed by atoms with Crippen LogP contribution < -0.4 is 0 Å². The van der Waals surface area contributed by atoms with E-state index in [1.54, 1.807) is 0 Å². The maximum Gasteiger partial charge on any atom is 0.226 e. The first-order valence-corrected chi connectivity index (χ1v) is 14.0. The summed E-state index contributed by atoms with van der Waals surface area (Å²) in [6.07, 6.45) is 17.0. The standard InChI is InChI=1S/C27H54N4O2/c1-5-6-7-8-9-10-11-12-13-14-21-31(4,25-29-20-16-18-27(29)33)23-22-30(2,3)24-28-19-15-17-26(28)32/h5-25H2,1-4H3/q+2. The van der Waals surface area contributed by atoms with Crippen LogP contribution in [0.25, 0.3) is 0 Å². The summed E-state index contributed by atoms with van der Waals surface area (Å²) in [7, 11) is 6.84. The van der Waals surface area contributed by atoms with Crippen LogP contribution in [0.3, 0.4) is 0 Å². The molecule has 2 aliphatic rings. The van der Waals surface area contributed by atoms with Crippen molar-refractivity contribution in [2.24, 2.45) is 0 Å². The fraction of sp³-hybridized carbons (Fsp3) is 0.926. The van der Waals surface area contributed by atoms with Gasteiger partial charge < -0.3 is 8.97 Å². The van der Waals surface area contributed by atoms with Crippen LogP contribution in [-0.4, -0.2) is 97.8 Å². The molecule has 0 N–H and O–H groups in total. The molecule has 1 unspecified atom stereocenters. The SMILES string of the molecule is CCCCCCCCCCCC[N+](C)(CC[N+](C)(C)CN1CCCC1=O)CN1CCCC1=O. The van der Waals surface area contributed by atoms with E-state index in [0.29, 0.717) is 18.2 Å². The van der Waals surface area contributed by atoms with Crippen molar-refractivity contribution in [2.75, 3.05) is 67.2 Å². The Balaban J connectivity index is 1.77. The molecule has 0 radical (unpaired) electrons. The van der Waals surface area contributed by atoms with Crippen molar-refractivity contribution in [2.45, 2.75) is 96.8 Å². The molecule has 2 saturated heterocycles. The molecule has 0 aliphatic carbocycles. The molecule has 2 aliphatic heterocycles. The van der Waals surface area contributed by atoms with Crippen molar-refractivity contribution in [1.82, 2.24) is 9.80 Å². The Morgan fingerprint density at radius 1 is 0.636 bits per heavy atom. The van der Waals surface area contributed by atoms with E-state index in [-0.39, 0.29) is 0 Å². The molecule has 0 spiro atoms. The smallest absolute Gasteiger partial charge is 0.226 e. The van der Waals surface area contributed by atoms with Crippen molar-refractivity contribution in [1.29, 1.82) is 0 Å². The second-order valence-corrected chi connectivity index (χ2v) is 11.7. The maximum atomic E-state index is 12.3. The molecule has 2 heterocycles. The monoisotopic (exact) mass is 466 g/mol. The van der Waals surface area contributed by atoms with Crippen molar-refractivity contribution in [3.05, 3.63) is 0 Å². The molecule has 6 heteroatoms. The van der Waals surface area contributed by atoms with Crippen molar-refractivity contribution >= 4 is 11.8 Å². The highest BCUT2D eigenvalue weighted by Gasteiger charge is 2.34. The Bertz CT molecular complexity index is 595. The second-order valence-electron chi connectivity index (χ2n) is 11.7. The number of carbonyl (C=O) groups excluding carboxylic acids is 2. The number of likely N-dealkylation sites (tertiary alicyclic amines) is 2. The molecule has 33 heavy (non-hydrogen) atoms. The first kappa shape index (κ1) is 28.1. The molecule has 192 valence electrons. The third kappa shape index (κ3) is 10.8. The molecule has 2 fully saturated rings. The van der Waals surface area contributed by atoms with Gasteiger partial charge in [0, 0.05) is 25.9 Å². The molecule has 0 aromatic heterocycles. The Kier molecular flexibility index (Phi) is 12.2. The average Bonchev–Trinajstić information content (AvgIpc) is 3.35. The van der Waals surface area contributed by atoms with Crippen LogP contribution in [0.4, 0.5) is 0 Å². The molecule has 0 aromatic carbocycles. The molecular weight excluding hydrogens is 412 g/mol. The van der Waals surface area contributed by atoms with Gasteiger partial charge in [0.25, 0.3) is 0 Å². The van der Waals surface area contributed by atoms with E-state index in [0.717, 1.165) is 74.3 Å². The lowest BCUT2D eigenvalue weighted by Crippen LogP contribution is -2.58. The van der Waals surface area contributed by atoms with E-state index in [1.165, 1.54) is 64.2 Å². The Morgan fingerprint density at radius 3 is 1.61 bits per heavy atom. The predicted octanol–water partition coefficient (Wildman–Crippen LogP) is 4.59. The van der Waals surface area contributed by atoms with Gasteiger partial charge in [-0.2, -0.15) is 0 Å². The minimum absolute atomic E-state index is 0.312. The van der Waals surface area contributed by atoms with Gasteiger partial charge in [-0.1, -0.05) is 58.3 Å². The van der Waals surface area contributed by atoms with E-state index < -0.39 is 0 Å². The van der Waals surface area contributed by atoms with Crippen LogP contribution >= 0.6 is 0 Å². The molecule has 2 amide bonds. The summed E-state index contributed by atoms with van der Waals surface area (Å²) in [6, 6.07) is 0. The summed E-state index contributed by atoms with van der Waals surface area (Å²) < 4.78 is 1.78. The van der Waals surface area contributed by atoms with Crippen molar-refractivity contribution in [3.8, 4) is 0 Å². The quantitative estimate of drug-likeness (QED) is 0.219. The Hall–Kier alpha value is -1.14. The van der Waals surface area contributed by atoms with Crippen LogP contribution in [0.5, 0.6) is 0 Å². The van der Waals surface area contributed by atoms with Crippen LogP contribution in [0.2, 0.25) is 0 Å². The molecule has 2 rings (SSSR count). The average molecular weight is 467 g/mol. The number of unbranched alkanes of at least 4 members (excludes halogenated alkanes) is 9. The van der Waals surface area contributed by atoms with Crippen LogP contribution in [-0.2, 0) is 9.59 Å². The number of rotatable bonds is 18. The molecule has 6 nitrogen and oxygen atoms in total. The molecule has 0 saturated carbocycles. The van der Waals surface area contributed by atoms with E-state index in [9.17, 15) is 9.59 Å². The zero-order chi connectivity index (χ0) is 24.2. The van der Waals surface area contributed by atoms with E-state index in [2.05, 4.69) is 33.0 Å². The van der Waals surface area contributed by atoms with E-state index >= 15 is 0 Å². The highest BCUT2D eigenvalue weighted by Crippen LogP contribution is 2.18. The minimum Gasteiger partial charge on any atom is -0.307 e. The first-order chi connectivity index (χ1) is 15.7. The normalized spacial score (nSPS) is 19.0. The zero-order valence-corrected chi connectivity index (χ0v) is 22.5. The minimum atomic E-state index is 0.312. The van der Waals surface area contributed by atoms with Gasteiger partial charge in [0.1, 0.15) is 13.1 Å². The van der Waals surface area contributed by atoms with Crippen molar-refractivity contribution < 1.29 is 18.6 Å². The lowest BCUT2D eigenvalue weighted by atomic mass is 10.1. The number of hydrogen-bond acceptors (Lipinski definition) is 2. The van der Waals surface area contributed by atoms with Crippen molar-refractivity contribution in [3.63, 3.8) is 0 Å². The van der Waals surface area contributed by atoms with Gasteiger partial charge in [-0.05, 0) is 25.7 Å².